The van der Waals surface area contributed by atoms with Crippen molar-refractivity contribution in [1.82, 2.24) is 16.0 Å². The predicted molar refractivity (Wildman–Crippen MR) is 170 cm³/mol. The van der Waals surface area contributed by atoms with Gasteiger partial charge in [0.1, 0.15) is 0 Å². The van der Waals surface area contributed by atoms with E-state index in [1.54, 1.807) is 42.5 Å². The summed E-state index contributed by atoms with van der Waals surface area (Å²) in [6.45, 7) is -0.226. The number of primary amides is 1. The number of rotatable bonds is 8. The summed E-state index contributed by atoms with van der Waals surface area (Å²) in [7, 11) is -3.85. The first-order valence-electron chi connectivity index (χ1n) is 13.3. The molecular weight excluding hydrogens is 687 g/mol. The molecule has 0 unspecified atom stereocenters. The van der Waals surface area contributed by atoms with Crippen molar-refractivity contribution in [3.63, 3.8) is 0 Å². The summed E-state index contributed by atoms with van der Waals surface area (Å²) >= 11 is 2.07. The first-order valence-corrected chi connectivity index (χ1v) is 15.9. The number of hydrogen-bond acceptors (Lipinski definition) is 7. The predicted octanol–water partition coefficient (Wildman–Crippen LogP) is 1.89. The topological polar surface area (TPSA) is 217 Å². The first kappa shape index (κ1) is 33.5. The number of benzene rings is 3. The van der Waals surface area contributed by atoms with E-state index >= 15 is 0 Å². The highest BCUT2D eigenvalue weighted by atomic mass is 127. The van der Waals surface area contributed by atoms with E-state index in [2.05, 4.69) is 38.5 Å². The molecule has 3 aromatic rings. The number of sulfonamides is 1. The van der Waals surface area contributed by atoms with Crippen molar-refractivity contribution in [2.75, 3.05) is 12.3 Å². The average molecular weight is 721 g/mol. The molecule has 14 heteroatoms. The van der Waals surface area contributed by atoms with Crippen molar-refractivity contribution < 1.29 is 27.6 Å². The Morgan fingerprint density at radius 3 is 1.98 bits per heavy atom. The van der Waals surface area contributed by atoms with Crippen molar-refractivity contribution >= 4 is 61.9 Å². The lowest BCUT2D eigenvalue weighted by Crippen LogP contribution is -2.54. The van der Waals surface area contributed by atoms with Crippen molar-refractivity contribution in [3.8, 4) is 0 Å². The third-order valence-electron chi connectivity index (χ3n) is 6.60. The molecule has 0 aliphatic heterocycles. The highest BCUT2D eigenvalue weighted by Crippen LogP contribution is 2.20. The molecule has 1 aliphatic carbocycles. The van der Waals surface area contributed by atoms with Gasteiger partial charge in [-0.3, -0.25) is 19.2 Å². The molecule has 0 spiro atoms. The van der Waals surface area contributed by atoms with Gasteiger partial charge < -0.3 is 27.4 Å². The van der Waals surface area contributed by atoms with E-state index < -0.39 is 15.9 Å². The monoisotopic (exact) mass is 720 g/mol. The summed E-state index contributed by atoms with van der Waals surface area (Å²) in [4.78, 5) is 47.9. The van der Waals surface area contributed by atoms with Gasteiger partial charge in [-0.25, -0.2) is 13.6 Å². The highest BCUT2D eigenvalue weighted by molar-refractivity contribution is 14.1. The second-order valence-electron chi connectivity index (χ2n) is 9.75. The van der Waals surface area contributed by atoms with Gasteiger partial charge in [-0.05, 0) is 90.0 Å². The lowest BCUT2D eigenvalue weighted by Gasteiger charge is -2.33. The quantitative estimate of drug-likeness (QED) is 0.150. The molecule has 0 bridgehead atoms. The maximum atomic E-state index is 12.7. The van der Waals surface area contributed by atoms with Gasteiger partial charge in [0.2, 0.25) is 21.8 Å². The SMILES string of the molecule is NC(=O)c1ccccc1.Nc1ccc(I)cc1C(=O)NCC(=O)N[C@@H]1CCCC[C@@H]1NC(=O)c1ccc(S(N)(=O)=O)cc1. The Morgan fingerprint density at radius 2 is 1.42 bits per heavy atom. The lowest BCUT2D eigenvalue weighted by molar-refractivity contribution is -0.121. The standard InChI is InChI=1S/C22H26IN5O5S.C7H7NO/c23-14-7-10-17(24)16(11-14)22(31)26-12-20(29)27-18-3-1-2-4-19(18)28-21(30)13-5-8-15(9-6-13)34(25,32)33;8-7(9)6-4-2-1-3-5-6/h5-11,18-19H,1-4,12,24H2,(H,26,31)(H,27,29)(H,28,30)(H2,25,32,33);1-5H,(H2,8,9)/t18-,19+;/m1./s1. The number of amides is 4. The molecule has 1 fully saturated rings. The Morgan fingerprint density at radius 1 is 0.814 bits per heavy atom. The Kier molecular flexibility index (Phi) is 12.0. The van der Waals surface area contributed by atoms with Crippen molar-refractivity contribution in [1.29, 1.82) is 0 Å². The zero-order chi connectivity index (χ0) is 31.6. The number of carbonyl (C=O) groups is 4. The minimum atomic E-state index is -3.85. The van der Waals surface area contributed by atoms with E-state index in [1.165, 1.54) is 24.3 Å². The molecule has 0 aromatic heterocycles. The summed E-state index contributed by atoms with van der Waals surface area (Å²) in [6.07, 6.45) is 3.14. The van der Waals surface area contributed by atoms with Gasteiger partial charge in [-0.2, -0.15) is 0 Å². The van der Waals surface area contributed by atoms with Crippen LogP contribution in [0.2, 0.25) is 0 Å². The zero-order valence-corrected chi connectivity index (χ0v) is 26.1. The van der Waals surface area contributed by atoms with Crippen LogP contribution in [-0.2, 0) is 14.8 Å². The van der Waals surface area contributed by atoms with E-state index in [4.69, 9.17) is 16.6 Å². The van der Waals surface area contributed by atoms with Crippen LogP contribution in [0.15, 0.2) is 77.7 Å². The molecule has 4 amide bonds. The van der Waals surface area contributed by atoms with Crippen molar-refractivity contribution in [3.05, 3.63) is 93.1 Å². The van der Waals surface area contributed by atoms with E-state index in [1.807, 2.05) is 6.07 Å². The van der Waals surface area contributed by atoms with Gasteiger partial charge in [0.25, 0.3) is 11.8 Å². The van der Waals surface area contributed by atoms with Crippen LogP contribution in [0, 0.1) is 3.57 Å². The molecule has 228 valence electrons. The van der Waals surface area contributed by atoms with Gasteiger partial charge in [-0.1, -0.05) is 31.0 Å². The smallest absolute Gasteiger partial charge is 0.253 e. The molecule has 1 aliphatic rings. The summed E-state index contributed by atoms with van der Waals surface area (Å²) in [6, 6.07) is 18.5. The van der Waals surface area contributed by atoms with Gasteiger partial charge in [-0.15, -0.1) is 0 Å². The Balaban J connectivity index is 0.000000480. The summed E-state index contributed by atoms with van der Waals surface area (Å²) in [5.74, 6) is -1.58. The van der Waals surface area contributed by atoms with Crippen LogP contribution in [0.5, 0.6) is 0 Å². The summed E-state index contributed by atoms with van der Waals surface area (Å²) in [5, 5.41) is 13.5. The largest absolute Gasteiger partial charge is 0.398 e. The van der Waals surface area contributed by atoms with Crippen LogP contribution in [0.4, 0.5) is 5.69 Å². The highest BCUT2D eigenvalue weighted by Gasteiger charge is 2.28. The molecule has 9 N–H and O–H groups in total. The van der Waals surface area contributed by atoms with E-state index in [-0.39, 0.29) is 46.8 Å². The van der Waals surface area contributed by atoms with Crippen LogP contribution in [0.1, 0.15) is 56.8 Å². The molecule has 1 saturated carbocycles. The third-order valence-corrected chi connectivity index (χ3v) is 8.20. The normalized spacial score (nSPS) is 16.1. The number of halogens is 1. The first-order chi connectivity index (χ1) is 20.3. The van der Waals surface area contributed by atoms with Gasteiger partial charge >= 0.3 is 0 Å². The molecule has 2 atom stereocenters. The fraction of sp³-hybridized carbons (Fsp3) is 0.241. The number of anilines is 1. The van der Waals surface area contributed by atoms with Crippen LogP contribution < -0.4 is 32.6 Å². The van der Waals surface area contributed by atoms with Crippen LogP contribution in [0.25, 0.3) is 0 Å². The van der Waals surface area contributed by atoms with Gasteiger partial charge in [0.05, 0.1) is 17.0 Å². The van der Waals surface area contributed by atoms with Crippen molar-refractivity contribution in [2.24, 2.45) is 10.9 Å². The van der Waals surface area contributed by atoms with Crippen LogP contribution >= 0.6 is 22.6 Å². The Bertz CT molecular complexity index is 1570. The summed E-state index contributed by atoms with van der Waals surface area (Å²) < 4.78 is 23.6. The zero-order valence-electron chi connectivity index (χ0n) is 23.1. The number of hydrogen-bond donors (Lipinski definition) is 6. The molecule has 12 nitrogen and oxygen atoms in total. The molecule has 0 heterocycles. The molecule has 43 heavy (non-hydrogen) atoms. The number of nitrogens with two attached hydrogens (primary N) is 3. The third kappa shape index (κ3) is 10.3. The average Bonchev–Trinajstić information content (AvgIpc) is 2.98. The number of primary sulfonamides is 1. The van der Waals surface area contributed by atoms with E-state index in [0.29, 0.717) is 29.7 Å². The minimum absolute atomic E-state index is 0.0825. The molecule has 0 radical (unpaired) electrons. The maximum Gasteiger partial charge on any atom is 0.253 e. The number of carbonyl (C=O) groups excluding carboxylic acids is 4. The minimum Gasteiger partial charge on any atom is -0.398 e. The fourth-order valence-electron chi connectivity index (χ4n) is 4.37. The van der Waals surface area contributed by atoms with Crippen LogP contribution in [0.3, 0.4) is 0 Å². The molecule has 0 saturated heterocycles. The molecule has 4 rings (SSSR count). The van der Waals surface area contributed by atoms with E-state index in [9.17, 15) is 27.6 Å². The van der Waals surface area contributed by atoms with Crippen LogP contribution in [-0.4, -0.2) is 50.7 Å². The Hall–Kier alpha value is -4.02. The molecule has 3 aromatic carbocycles. The summed E-state index contributed by atoms with van der Waals surface area (Å²) in [5.41, 5.74) is 12.3. The second-order valence-corrected chi connectivity index (χ2v) is 12.6. The van der Waals surface area contributed by atoms with Gasteiger partial charge in [0.15, 0.2) is 0 Å². The van der Waals surface area contributed by atoms with Crippen molar-refractivity contribution in [2.45, 2.75) is 42.7 Å². The van der Waals surface area contributed by atoms with E-state index in [0.717, 1.165) is 16.4 Å². The molecular formula is C29H33IN6O6S. The van der Waals surface area contributed by atoms with Gasteiger partial charge in [0, 0.05) is 32.5 Å². The lowest BCUT2D eigenvalue weighted by atomic mass is 9.90. The number of nitrogens with one attached hydrogen (secondary N) is 3. The second kappa shape index (κ2) is 15.5. The Labute approximate surface area is 263 Å². The maximum absolute atomic E-state index is 12.7. The fourth-order valence-corrected chi connectivity index (χ4v) is 5.37. The number of nitrogen functional groups attached to an aromatic ring is 1.